The summed E-state index contributed by atoms with van der Waals surface area (Å²) in [6, 6.07) is 9.88. The van der Waals surface area contributed by atoms with E-state index in [1.807, 2.05) is 0 Å². The number of likely N-dealkylation sites (N-methyl/N-ethyl adjacent to an activating group) is 1. The topological polar surface area (TPSA) is 15.3 Å². The highest BCUT2D eigenvalue weighted by atomic mass is 15.1. The summed E-state index contributed by atoms with van der Waals surface area (Å²) in [5, 5.41) is 3.61. The van der Waals surface area contributed by atoms with Crippen LogP contribution in [-0.2, 0) is 6.54 Å². The van der Waals surface area contributed by atoms with E-state index in [1.54, 1.807) is 0 Å². The molecule has 0 amide bonds. The summed E-state index contributed by atoms with van der Waals surface area (Å²) in [7, 11) is 2.14. The molecule has 20 heavy (non-hydrogen) atoms. The minimum atomic E-state index is 0.595. The van der Waals surface area contributed by atoms with Gasteiger partial charge in [-0.15, -0.1) is 0 Å². The summed E-state index contributed by atoms with van der Waals surface area (Å²) in [5.74, 6) is 0.595. The zero-order valence-corrected chi connectivity index (χ0v) is 13.2. The molecule has 0 bridgehead atoms. The van der Waals surface area contributed by atoms with E-state index in [0.29, 0.717) is 5.92 Å². The van der Waals surface area contributed by atoms with Crippen molar-refractivity contribution in [2.75, 3.05) is 20.1 Å². The van der Waals surface area contributed by atoms with E-state index < -0.39 is 0 Å². The maximum Gasteiger partial charge on any atom is 0.0234 e. The van der Waals surface area contributed by atoms with Gasteiger partial charge in [0, 0.05) is 25.7 Å². The molecule has 0 saturated heterocycles. The monoisotopic (exact) mass is 272 g/mol. The fourth-order valence-electron chi connectivity index (χ4n) is 2.53. The molecule has 1 unspecified atom stereocenters. The van der Waals surface area contributed by atoms with Crippen molar-refractivity contribution in [1.29, 1.82) is 0 Å². The van der Waals surface area contributed by atoms with Crippen molar-refractivity contribution in [3.8, 4) is 0 Å². The zero-order valence-electron chi connectivity index (χ0n) is 13.2. The van der Waals surface area contributed by atoms with Gasteiger partial charge in [0.1, 0.15) is 0 Å². The minimum absolute atomic E-state index is 0.595. The number of nitrogens with one attached hydrogen (secondary N) is 1. The van der Waals surface area contributed by atoms with Gasteiger partial charge in [0.05, 0.1) is 0 Å². The van der Waals surface area contributed by atoms with E-state index in [4.69, 9.17) is 0 Å². The first kappa shape index (κ1) is 15.3. The van der Waals surface area contributed by atoms with Crippen LogP contribution in [0.2, 0.25) is 0 Å². The third-order valence-corrected chi connectivity index (χ3v) is 3.83. The number of nitrogens with zero attached hydrogens (tertiary/aromatic N) is 1. The minimum Gasteiger partial charge on any atom is -0.313 e. The third kappa shape index (κ3) is 5.10. The molecule has 1 aliphatic rings. The van der Waals surface area contributed by atoms with Gasteiger partial charge in [0.25, 0.3) is 0 Å². The van der Waals surface area contributed by atoms with E-state index in [-0.39, 0.29) is 0 Å². The van der Waals surface area contributed by atoms with E-state index in [0.717, 1.165) is 25.7 Å². The van der Waals surface area contributed by atoms with Crippen LogP contribution >= 0.6 is 0 Å². The lowest BCUT2D eigenvalue weighted by molar-refractivity contribution is 0.355. The first-order chi connectivity index (χ1) is 9.54. The summed E-state index contributed by atoms with van der Waals surface area (Å²) < 4.78 is 0. The molecule has 2 heteroatoms. The Kier molecular flexibility index (Phi) is 5.38. The van der Waals surface area contributed by atoms with Gasteiger partial charge in [-0.3, -0.25) is 4.90 Å². The fraction of sp³-hybridized carbons (Fsp3) is 0.556. The summed E-state index contributed by atoms with van der Waals surface area (Å²) in [5.41, 5.74) is 4.02. The normalized spacial score (nSPS) is 16.4. The summed E-state index contributed by atoms with van der Waals surface area (Å²) in [4.78, 5) is 2.30. The Hall–Kier alpha value is -1.12. The molecule has 1 aromatic rings. The molecular weight excluding hydrogens is 244 g/mol. The predicted octanol–water partition coefficient (Wildman–Crippen LogP) is 3.55. The molecule has 1 saturated carbocycles. The maximum absolute atomic E-state index is 3.97. The molecule has 1 aliphatic carbocycles. The highest BCUT2D eigenvalue weighted by Gasteiger charge is 2.21. The lowest BCUT2D eigenvalue weighted by atomic mass is 9.99. The van der Waals surface area contributed by atoms with Crippen molar-refractivity contribution in [1.82, 2.24) is 10.2 Å². The lowest BCUT2D eigenvalue weighted by Gasteiger charge is -2.18. The molecule has 1 aromatic carbocycles. The van der Waals surface area contributed by atoms with Crippen LogP contribution in [-0.4, -0.2) is 31.1 Å². The second-order valence-electron chi connectivity index (χ2n) is 6.45. The largest absolute Gasteiger partial charge is 0.313 e. The van der Waals surface area contributed by atoms with Gasteiger partial charge in [0.2, 0.25) is 0 Å². The molecule has 2 rings (SSSR count). The van der Waals surface area contributed by atoms with Crippen molar-refractivity contribution < 1.29 is 0 Å². The molecule has 1 N–H and O–H groups in total. The van der Waals surface area contributed by atoms with Gasteiger partial charge >= 0.3 is 0 Å². The molecular formula is C18H28N2. The van der Waals surface area contributed by atoms with Crippen LogP contribution in [0.15, 0.2) is 36.4 Å². The molecule has 2 nitrogen and oxygen atoms in total. The first-order valence-corrected chi connectivity index (χ1v) is 7.69. The Morgan fingerprint density at radius 1 is 1.35 bits per heavy atom. The molecule has 110 valence electrons. The number of benzene rings is 1. The summed E-state index contributed by atoms with van der Waals surface area (Å²) >= 11 is 0. The van der Waals surface area contributed by atoms with Gasteiger partial charge in [-0.25, -0.2) is 0 Å². The van der Waals surface area contributed by atoms with Crippen LogP contribution in [0.4, 0.5) is 0 Å². The Morgan fingerprint density at radius 3 is 2.55 bits per heavy atom. The Balaban J connectivity index is 1.83. The average molecular weight is 272 g/mol. The van der Waals surface area contributed by atoms with Crippen LogP contribution in [0, 0.1) is 0 Å². The molecule has 0 aliphatic heterocycles. The predicted molar refractivity (Wildman–Crippen MR) is 87.0 cm³/mol. The van der Waals surface area contributed by atoms with Crippen LogP contribution < -0.4 is 5.32 Å². The molecule has 1 atom stereocenters. The van der Waals surface area contributed by atoms with E-state index >= 15 is 0 Å². The van der Waals surface area contributed by atoms with Crippen molar-refractivity contribution >= 4 is 0 Å². The molecule has 0 radical (unpaired) electrons. The van der Waals surface area contributed by atoms with E-state index in [1.165, 1.54) is 29.5 Å². The van der Waals surface area contributed by atoms with Crippen molar-refractivity contribution in [3.63, 3.8) is 0 Å². The molecule has 0 spiro atoms. The van der Waals surface area contributed by atoms with Gasteiger partial charge in [-0.05, 0) is 43.9 Å². The van der Waals surface area contributed by atoms with Gasteiger partial charge < -0.3 is 5.32 Å². The smallest absolute Gasteiger partial charge is 0.0234 e. The third-order valence-electron chi connectivity index (χ3n) is 3.83. The van der Waals surface area contributed by atoms with Crippen LogP contribution in [0.25, 0.3) is 0 Å². The van der Waals surface area contributed by atoms with Crippen LogP contribution in [0.3, 0.4) is 0 Å². The number of hydrogen-bond acceptors (Lipinski definition) is 2. The summed E-state index contributed by atoms with van der Waals surface area (Å²) in [6.45, 7) is 11.4. The second-order valence-corrected chi connectivity index (χ2v) is 6.45. The molecule has 0 heterocycles. The zero-order chi connectivity index (χ0) is 14.5. The highest BCUT2D eigenvalue weighted by molar-refractivity contribution is 5.25. The molecule has 1 fully saturated rings. The van der Waals surface area contributed by atoms with E-state index in [2.05, 4.69) is 62.0 Å². The van der Waals surface area contributed by atoms with Crippen molar-refractivity contribution in [2.24, 2.45) is 0 Å². The summed E-state index contributed by atoms with van der Waals surface area (Å²) in [6.07, 6.45) is 2.72. The Morgan fingerprint density at radius 2 is 2.00 bits per heavy atom. The quantitative estimate of drug-likeness (QED) is 0.728. The van der Waals surface area contributed by atoms with Crippen molar-refractivity contribution in [2.45, 2.75) is 45.2 Å². The standard InChI is InChI=1S/C18H28N2/c1-14(2)12-20(4)13-16-5-7-17(8-6-16)15(3)11-19-18-9-10-18/h5-8,15,18-19H,1,9-13H2,2-4H3. The first-order valence-electron chi connectivity index (χ1n) is 7.69. The maximum atomic E-state index is 3.97. The highest BCUT2D eigenvalue weighted by Crippen LogP contribution is 2.21. The Bertz CT molecular complexity index is 431. The van der Waals surface area contributed by atoms with Gasteiger partial charge in [-0.1, -0.05) is 43.3 Å². The Labute approximate surface area is 123 Å². The van der Waals surface area contributed by atoms with Gasteiger partial charge in [0.15, 0.2) is 0 Å². The van der Waals surface area contributed by atoms with Gasteiger partial charge in [-0.2, -0.15) is 0 Å². The van der Waals surface area contributed by atoms with Crippen LogP contribution in [0.1, 0.15) is 43.7 Å². The second kappa shape index (κ2) is 7.05. The fourth-order valence-corrected chi connectivity index (χ4v) is 2.53. The molecule has 0 aromatic heterocycles. The lowest BCUT2D eigenvalue weighted by Crippen LogP contribution is -2.22. The SMILES string of the molecule is C=C(C)CN(C)Cc1ccc(C(C)CNC2CC2)cc1. The van der Waals surface area contributed by atoms with Crippen molar-refractivity contribution in [3.05, 3.63) is 47.5 Å². The van der Waals surface area contributed by atoms with E-state index in [9.17, 15) is 0 Å². The number of rotatable bonds is 8. The number of hydrogen-bond donors (Lipinski definition) is 1. The average Bonchev–Trinajstić information content (AvgIpc) is 3.19. The van der Waals surface area contributed by atoms with Crippen LogP contribution in [0.5, 0.6) is 0 Å².